The van der Waals surface area contributed by atoms with Gasteiger partial charge < -0.3 is 19.9 Å². The summed E-state index contributed by atoms with van der Waals surface area (Å²) >= 11 is 0. The molecule has 1 aromatic heterocycles. The van der Waals surface area contributed by atoms with Gasteiger partial charge in [0.15, 0.2) is 0 Å². The minimum atomic E-state index is -0.831. The Kier molecular flexibility index (Phi) is 9.69. The van der Waals surface area contributed by atoms with Crippen molar-refractivity contribution in [2.45, 2.75) is 78.3 Å². The van der Waals surface area contributed by atoms with Gasteiger partial charge in [0.25, 0.3) is 0 Å². The number of esters is 1. The molecule has 2 aromatic rings. The van der Waals surface area contributed by atoms with E-state index in [4.69, 9.17) is 4.74 Å². The van der Waals surface area contributed by atoms with Crippen molar-refractivity contribution in [2.75, 3.05) is 13.2 Å². The largest absolute Gasteiger partial charge is 0.466 e. The molecule has 0 radical (unpaired) electrons. The number of fused-ring (bicyclic) bond motifs is 5. The summed E-state index contributed by atoms with van der Waals surface area (Å²) in [5.74, 6) is -1.78. The second kappa shape index (κ2) is 12.7. The maximum Gasteiger partial charge on any atom is 0.306 e. The molecule has 2 bridgehead atoms. The van der Waals surface area contributed by atoms with Crippen LogP contribution in [0.3, 0.4) is 0 Å². The number of carbonyl (C=O) groups is 3. The minimum Gasteiger partial charge on any atom is -0.466 e. The zero-order valence-corrected chi connectivity index (χ0v) is 21.1. The lowest BCUT2D eigenvalue weighted by Crippen LogP contribution is -2.50. The number of nitrogens with zero attached hydrogens (tertiary/aromatic N) is 1. The summed E-state index contributed by atoms with van der Waals surface area (Å²) < 4.78 is 21.3. The summed E-state index contributed by atoms with van der Waals surface area (Å²) in [6.07, 6.45) is 6.58. The van der Waals surface area contributed by atoms with Crippen LogP contribution in [-0.2, 0) is 32.1 Å². The highest BCUT2D eigenvalue weighted by Gasteiger charge is 2.29. The van der Waals surface area contributed by atoms with E-state index in [1.165, 1.54) is 12.1 Å². The van der Waals surface area contributed by atoms with E-state index in [0.717, 1.165) is 48.7 Å². The van der Waals surface area contributed by atoms with Crippen LogP contribution in [0.2, 0.25) is 0 Å². The monoisotopic (exact) mass is 487 g/mol. The molecule has 1 aliphatic rings. The highest BCUT2D eigenvalue weighted by Crippen LogP contribution is 2.25. The van der Waals surface area contributed by atoms with E-state index in [0.29, 0.717) is 13.0 Å². The van der Waals surface area contributed by atoms with Crippen LogP contribution in [0.15, 0.2) is 24.4 Å². The molecular weight excluding hydrogens is 449 g/mol. The highest BCUT2D eigenvalue weighted by molar-refractivity contribution is 5.91. The van der Waals surface area contributed by atoms with Crippen LogP contribution in [0.4, 0.5) is 4.39 Å². The zero-order valence-electron chi connectivity index (χ0n) is 21.1. The van der Waals surface area contributed by atoms with E-state index < -0.39 is 17.9 Å². The number of hydrogen-bond acceptors (Lipinski definition) is 4. The van der Waals surface area contributed by atoms with E-state index >= 15 is 0 Å². The molecule has 8 heteroatoms. The quantitative estimate of drug-likeness (QED) is 0.575. The number of ether oxygens (including phenoxy) is 1. The number of hydrogen-bond donors (Lipinski definition) is 2. The van der Waals surface area contributed by atoms with Gasteiger partial charge in [0.05, 0.1) is 13.0 Å². The Hall–Kier alpha value is -2.90. The summed E-state index contributed by atoms with van der Waals surface area (Å²) in [4.78, 5) is 38.5. The van der Waals surface area contributed by atoms with E-state index in [9.17, 15) is 18.8 Å². The van der Waals surface area contributed by atoms with E-state index in [1.807, 2.05) is 20.0 Å². The molecule has 7 nitrogen and oxygen atoms in total. The molecule has 2 amide bonds. The first-order valence-electron chi connectivity index (χ1n) is 12.8. The van der Waals surface area contributed by atoms with Gasteiger partial charge in [0.2, 0.25) is 11.8 Å². The maximum absolute atomic E-state index is 14.1. The molecule has 35 heavy (non-hydrogen) atoms. The van der Waals surface area contributed by atoms with Crippen molar-refractivity contribution in [1.82, 2.24) is 15.2 Å². The van der Waals surface area contributed by atoms with Gasteiger partial charge in [-0.2, -0.15) is 0 Å². The summed E-state index contributed by atoms with van der Waals surface area (Å²) in [5.41, 5.74) is 1.73. The van der Waals surface area contributed by atoms with E-state index in [1.54, 1.807) is 13.0 Å². The van der Waals surface area contributed by atoms with Crippen LogP contribution in [-0.4, -0.2) is 41.5 Å². The van der Waals surface area contributed by atoms with Gasteiger partial charge in [-0.3, -0.25) is 14.4 Å². The highest BCUT2D eigenvalue weighted by atomic mass is 19.1. The Labute approximate surface area is 206 Å². The van der Waals surface area contributed by atoms with Crippen LogP contribution in [0.25, 0.3) is 10.9 Å². The summed E-state index contributed by atoms with van der Waals surface area (Å²) in [7, 11) is 0. The molecule has 1 aliphatic heterocycles. The summed E-state index contributed by atoms with van der Waals surface area (Å²) in [6.45, 7) is 7.31. The van der Waals surface area contributed by atoms with Crippen LogP contribution < -0.4 is 10.6 Å². The summed E-state index contributed by atoms with van der Waals surface area (Å²) in [6, 6.07) is 3.88. The van der Waals surface area contributed by atoms with Crippen LogP contribution in [0, 0.1) is 17.7 Å². The first-order valence-corrected chi connectivity index (χ1v) is 12.8. The first kappa shape index (κ1) is 26.7. The Morgan fingerprint density at radius 3 is 2.74 bits per heavy atom. The topological polar surface area (TPSA) is 89.4 Å². The number of aromatic nitrogens is 1. The molecule has 2 atom stereocenters. The van der Waals surface area contributed by atoms with Crippen molar-refractivity contribution >= 4 is 28.7 Å². The van der Waals surface area contributed by atoms with Gasteiger partial charge in [0, 0.05) is 42.5 Å². The van der Waals surface area contributed by atoms with Crippen molar-refractivity contribution in [3.05, 3.63) is 35.8 Å². The number of nitrogens with one attached hydrogen (secondary N) is 2. The molecule has 1 aromatic carbocycles. The molecular formula is C27H38FN3O4. The first-order chi connectivity index (χ1) is 16.8. The normalized spacial score (nSPS) is 18.2. The molecule has 0 fully saturated rings. The van der Waals surface area contributed by atoms with E-state index in [-0.39, 0.29) is 43.0 Å². The Bertz CT molecular complexity index is 1030. The fraction of sp³-hybridized carbons (Fsp3) is 0.593. The molecule has 0 saturated heterocycles. The number of rotatable bonds is 7. The van der Waals surface area contributed by atoms with E-state index in [2.05, 4.69) is 15.2 Å². The third-order valence-corrected chi connectivity index (χ3v) is 6.45. The van der Waals surface area contributed by atoms with Crippen molar-refractivity contribution in [2.24, 2.45) is 11.8 Å². The second-order valence-corrected chi connectivity index (χ2v) is 9.82. The lowest BCUT2D eigenvalue weighted by molar-refractivity contribution is -0.146. The molecule has 0 aliphatic carbocycles. The average molecular weight is 488 g/mol. The molecule has 2 N–H and O–H groups in total. The zero-order chi connectivity index (χ0) is 25.4. The molecule has 192 valence electrons. The van der Waals surface area contributed by atoms with Crippen LogP contribution in [0.5, 0.6) is 0 Å². The van der Waals surface area contributed by atoms with Crippen molar-refractivity contribution in [3.8, 4) is 0 Å². The fourth-order valence-electron chi connectivity index (χ4n) is 4.78. The number of aryl methyl sites for hydroxylation is 1. The van der Waals surface area contributed by atoms with Gasteiger partial charge in [0.1, 0.15) is 11.9 Å². The van der Waals surface area contributed by atoms with Gasteiger partial charge >= 0.3 is 5.97 Å². The van der Waals surface area contributed by atoms with Gasteiger partial charge in [-0.15, -0.1) is 0 Å². The fourth-order valence-corrected chi connectivity index (χ4v) is 4.78. The molecule has 0 spiro atoms. The number of benzene rings is 1. The standard InChI is InChI=1S/C27H38FN3O4/c1-4-35-25(32)15-19(13-18(2)3)26(33)30-23-14-20-17-31(24-10-9-21(28)16-22(20)24)12-8-6-5-7-11-29-27(23)34/h9-10,16-19,23H,4-8,11-15H2,1-3H3,(H,29,34)(H,30,33)/t19-,23+/m1/s1. The molecule has 2 heterocycles. The number of carbonyl (C=O) groups excluding carboxylic acids is 3. The van der Waals surface area contributed by atoms with Crippen molar-refractivity contribution in [1.29, 1.82) is 0 Å². The summed E-state index contributed by atoms with van der Waals surface area (Å²) in [5, 5.41) is 6.61. The lowest BCUT2D eigenvalue weighted by atomic mass is 9.92. The average Bonchev–Trinajstić information content (AvgIpc) is 3.13. The van der Waals surface area contributed by atoms with Gasteiger partial charge in [-0.05, 0) is 55.9 Å². The van der Waals surface area contributed by atoms with Crippen LogP contribution in [0.1, 0.15) is 64.9 Å². The van der Waals surface area contributed by atoms with Crippen LogP contribution >= 0.6 is 0 Å². The lowest BCUT2D eigenvalue weighted by Gasteiger charge is -2.23. The molecule has 0 saturated carbocycles. The van der Waals surface area contributed by atoms with Crippen molar-refractivity contribution < 1.29 is 23.5 Å². The smallest absolute Gasteiger partial charge is 0.306 e. The SMILES string of the molecule is CCOC(=O)C[C@@H](CC(C)C)C(=O)N[C@H]1Cc2cn(c3ccc(F)cc23)CCCCCCNC1=O. The van der Waals surface area contributed by atoms with Gasteiger partial charge in [-0.25, -0.2) is 4.39 Å². The second-order valence-electron chi connectivity index (χ2n) is 9.82. The molecule has 0 unspecified atom stereocenters. The number of amides is 2. The number of halogens is 1. The third-order valence-electron chi connectivity index (χ3n) is 6.45. The minimum absolute atomic E-state index is 0.0310. The Morgan fingerprint density at radius 1 is 1.23 bits per heavy atom. The maximum atomic E-state index is 14.1. The Balaban J connectivity index is 1.89. The molecule has 3 rings (SSSR count). The van der Waals surface area contributed by atoms with Crippen molar-refractivity contribution in [3.63, 3.8) is 0 Å². The predicted octanol–water partition coefficient (Wildman–Crippen LogP) is 4.11. The third kappa shape index (κ3) is 7.54. The predicted molar refractivity (Wildman–Crippen MR) is 133 cm³/mol. The Morgan fingerprint density at radius 2 is 2.00 bits per heavy atom. The van der Waals surface area contributed by atoms with Gasteiger partial charge in [-0.1, -0.05) is 26.7 Å².